The minimum Gasteiger partial charge on any atom is -0.378 e. The highest BCUT2D eigenvalue weighted by atomic mass is 16.5. The Balaban J connectivity index is 1.60. The maximum Gasteiger partial charge on any atom is 0.266 e. The van der Waals surface area contributed by atoms with Crippen LogP contribution in [0.1, 0.15) is 21.6 Å². The first-order chi connectivity index (χ1) is 12.6. The zero-order valence-corrected chi connectivity index (χ0v) is 14.9. The molecule has 2 aromatic rings. The Bertz CT molecular complexity index is 887. The van der Waals surface area contributed by atoms with E-state index < -0.39 is 0 Å². The number of aromatic nitrogens is 2. The topological polar surface area (TPSA) is 67.7 Å². The van der Waals surface area contributed by atoms with Crippen molar-refractivity contribution in [2.24, 2.45) is 7.05 Å². The number of fused-ring (bicyclic) bond motifs is 1. The van der Waals surface area contributed by atoms with E-state index in [1.165, 1.54) is 4.68 Å². The quantitative estimate of drug-likeness (QED) is 0.799. The van der Waals surface area contributed by atoms with Crippen molar-refractivity contribution in [3.8, 4) is 0 Å². The summed E-state index contributed by atoms with van der Waals surface area (Å²) >= 11 is 0. The summed E-state index contributed by atoms with van der Waals surface area (Å²) in [6.45, 7) is 3.95. The highest BCUT2D eigenvalue weighted by Crippen LogP contribution is 2.25. The number of benzene rings is 1. The molecule has 0 saturated carbocycles. The fourth-order valence-corrected chi connectivity index (χ4v) is 3.57. The van der Waals surface area contributed by atoms with Gasteiger partial charge in [0.2, 0.25) is 0 Å². The van der Waals surface area contributed by atoms with Gasteiger partial charge >= 0.3 is 0 Å². The highest BCUT2D eigenvalue weighted by molar-refractivity contribution is 6.00. The van der Waals surface area contributed by atoms with Gasteiger partial charge in [0.25, 0.3) is 11.5 Å². The van der Waals surface area contributed by atoms with Crippen LogP contribution >= 0.6 is 0 Å². The van der Waals surface area contributed by atoms with Crippen LogP contribution in [0.2, 0.25) is 0 Å². The predicted molar refractivity (Wildman–Crippen MR) is 97.4 cm³/mol. The first-order valence-electron chi connectivity index (χ1n) is 8.90. The smallest absolute Gasteiger partial charge is 0.266 e. The first kappa shape index (κ1) is 16.8. The number of carbonyl (C=O) groups excluding carboxylic acids is 1. The van der Waals surface area contributed by atoms with E-state index in [2.05, 4.69) is 10.00 Å². The molecule has 0 aliphatic carbocycles. The van der Waals surface area contributed by atoms with Gasteiger partial charge in [-0.2, -0.15) is 5.10 Å². The summed E-state index contributed by atoms with van der Waals surface area (Å²) in [5.41, 5.74) is 3.25. The number of carbonyl (C=O) groups is 1. The molecule has 7 nitrogen and oxygen atoms in total. The summed E-state index contributed by atoms with van der Waals surface area (Å²) in [4.78, 5) is 29.1. The monoisotopic (exact) mass is 354 g/mol. The van der Waals surface area contributed by atoms with Gasteiger partial charge in [0, 0.05) is 57.0 Å². The maximum absolute atomic E-state index is 13.2. The van der Waals surface area contributed by atoms with Crippen LogP contribution in [0.25, 0.3) is 0 Å². The molecule has 1 fully saturated rings. The Morgan fingerprint density at radius 1 is 1.15 bits per heavy atom. The second-order valence-electron chi connectivity index (χ2n) is 6.67. The second kappa shape index (κ2) is 6.92. The van der Waals surface area contributed by atoms with Gasteiger partial charge in [0.05, 0.1) is 24.5 Å². The van der Waals surface area contributed by atoms with Crippen molar-refractivity contribution in [3.05, 3.63) is 57.5 Å². The van der Waals surface area contributed by atoms with E-state index in [1.807, 2.05) is 29.2 Å². The van der Waals surface area contributed by atoms with Gasteiger partial charge in [-0.15, -0.1) is 0 Å². The molecule has 1 aromatic carbocycles. The zero-order valence-electron chi connectivity index (χ0n) is 14.9. The van der Waals surface area contributed by atoms with Crippen molar-refractivity contribution in [3.63, 3.8) is 0 Å². The largest absolute Gasteiger partial charge is 0.378 e. The first-order valence-corrected chi connectivity index (χ1v) is 8.90. The number of aryl methyl sites for hydroxylation is 1. The molecule has 1 saturated heterocycles. The minimum atomic E-state index is -0.147. The van der Waals surface area contributed by atoms with E-state index in [1.54, 1.807) is 13.1 Å². The second-order valence-corrected chi connectivity index (χ2v) is 6.67. The fraction of sp³-hybridized carbons (Fsp3) is 0.421. The molecule has 0 unspecified atom stereocenters. The number of amides is 1. The van der Waals surface area contributed by atoms with Crippen LogP contribution in [0, 0.1) is 0 Å². The Kier molecular flexibility index (Phi) is 4.46. The third kappa shape index (κ3) is 3.10. The maximum atomic E-state index is 13.2. The highest BCUT2D eigenvalue weighted by Gasteiger charge is 2.26. The van der Waals surface area contributed by atoms with Gasteiger partial charge in [0.15, 0.2) is 0 Å². The lowest BCUT2D eigenvalue weighted by Gasteiger charge is -2.33. The van der Waals surface area contributed by atoms with E-state index in [-0.39, 0.29) is 11.5 Å². The van der Waals surface area contributed by atoms with Crippen molar-refractivity contribution in [2.45, 2.75) is 13.0 Å². The SMILES string of the molecule is Cn1nc2c(cc1=O)CN(C(=O)c1ccccc1N1CCOCC1)CC2. The van der Waals surface area contributed by atoms with Gasteiger partial charge in [-0.3, -0.25) is 9.59 Å². The van der Waals surface area contributed by atoms with Gasteiger partial charge in [0.1, 0.15) is 0 Å². The molecule has 26 heavy (non-hydrogen) atoms. The summed E-state index contributed by atoms with van der Waals surface area (Å²) in [5, 5.41) is 4.31. The van der Waals surface area contributed by atoms with Gasteiger partial charge < -0.3 is 14.5 Å². The average Bonchev–Trinajstić information content (AvgIpc) is 2.69. The lowest BCUT2D eigenvalue weighted by molar-refractivity contribution is 0.0732. The molecule has 0 bridgehead atoms. The van der Waals surface area contributed by atoms with Crippen LogP contribution in [-0.4, -0.2) is 53.4 Å². The summed E-state index contributed by atoms with van der Waals surface area (Å²) in [6.07, 6.45) is 0.662. The van der Waals surface area contributed by atoms with Crippen molar-refractivity contribution in [1.29, 1.82) is 0 Å². The Morgan fingerprint density at radius 3 is 2.73 bits per heavy atom. The number of anilines is 1. The minimum absolute atomic E-state index is 0.00146. The van der Waals surface area contributed by atoms with Crippen LogP contribution in [0.3, 0.4) is 0 Å². The van der Waals surface area contributed by atoms with Crippen molar-refractivity contribution >= 4 is 11.6 Å². The number of morpholine rings is 1. The summed E-state index contributed by atoms with van der Waals surface area (Å²) in [5.74, 6) is -0.00146. The van der Waals surface area contributed by atoms with Gasteiger partial charge in [-0.25, -0.2) is 4.68 Å². The van der Waals surface area contributed by atoms with Gasteiger partial charge in [-0.1, -0.05) is 12.1 Å². The van der Waals surface area contributed by atoms with Crippen LogP contribution in [0.15, 0.2) is 35.1 Å². The zero-order chi connectivity index (χ0) is 18.1. The standard InChI is InChI=1S/C19H22N4O3/c1-21-18(24)12-14-13-23(7-6-16(14)20-21)19(25)15-4-2-3-5-17(15)22-8-10-26-11-9-22/h2-5,12H,6-11,13H2,1H3. The van der Waals surface area contributed by atoms with Crippen LogP contribution in [-0.2, 0) is 24.8 Å². The van der Waals surface area contributed by atoms with E-state index >= 15 is 0 Å². The summed E-state index contributed by atoms with van der Waals surface area (Å²) < 4.78 is 6.77. The molecule has 0 radical (unpaired) electrons. The van der Waals surface area contributed by atoms with Crippen molar-refractivity contribution in [1.82, 2.24) is 14.7 Å². The molecule has 0 N–H and O–H groups in total. The molecular weight excluding hydrogens is 332 g/mol. The molecule has 2 aliphatic heterocycles. The molecule has 1 amide bonds. The third-order valence-electron chi connectivity index (χ3n) is 5.01. The van der Waals surface area contributed by atoms with Gasteiger partial charge in [-0.05, 0) is 12.1 Å². The molecule has 4 rings (SSSR count). The lowest BCUT2D eigenvalue weighted by Crippen LogP contribution is -2.40. The van der Waals surface area contributed by atoms with Crippen molar-refractivity contribution < 1.29 is 9.53 Å². The van der Waals surface area contributed by atoms with Crippen LogP contribution in [0.5, 0.6) is 0 Å². The fourth-order valence-electron chi connectivity index (χ4n) is 3.57. The normalized spacial score (nSPS) is 17.1. The Morgan fingerprint density at radius 2 is 1.92 bits per heavy atom. The predicted octanol–water partition coefficient (Wildman–Crippen LogP) is 0.815. The molecule has 3 heterocycles. The molecule has 7 heteroatoms. The number of hydrogen-bond donors (Lipinski definition) is 0. The number of para-hydroxylation sites is 1. The van der Waals surface area contributed by atoms with E-state index in [4.69, 9.17) is 4.74 Å². The molecule has 136 valence electrons. The Labute approximate surface area is 151 Å². The number of ether oxygens (including phenoxy) is 1. The number of hydrogen-bond acceptors (Lipinski definition) is 5. The van der Waals surface area contributed by atoms with Crippen molar-refractivity contribution in [2.75, 3.05) is 37.7 Å². The van der Waals surface area contributed by atoms with E-state index in [0.717, 1.165) is 30.0 Å². The number of nitrogens with zero attached hydrogens (tertiary/aromatic N) is 4. The Hall–Kier alpha value is -2.67. The molecule has 0 spiro atoms. The van der Waals surface area contributed by atoms with E-state index in [9.17, 15) is 9.59 Å². The summed E-state index contributed by atoms with van der Waals surface area (Å²) in [7, 11) is 1.65. The molecular formula is C19H22N4O3. The third-order valence-corrected chi connectivity index (χ3v) is 5.01. The van der Waals surface area contributed by atoms with Crippen LogP contribution < -0.4 is 10.5 Å². The lowest BCUT2D eigenvalue weighted by atomic mass is 10.0. The summed E-state index contributed by atoms with van der Waals surface area (Å²) in [6, 6.07) is 9.32. The molecule has 2 aliphatic rings. The average molecular weight is 354 g/mol. The molecule has 1 aromatic heterocycles. The number of rotatable bonds is 2. The van der Waals surface area contributed by atoms with Crippen LogP contribution in [0.4, 0.5) is 5.69 Å². The van der Waals surface area contributed by atoms with E-state index in [0.29, 0.717) is 38.3 Å². The molecule has 0 atom stereocenters.